The van der Waals surface area contributed by atoms with Crippen LogP contribution in [0.25, 0.3) is 0 Å². The molecule has 1 heterocycles. The summed E-state index contributed by atoms with van der Waals surface area (Å²) in [5.41, 5.74) is 0. The molecule has 3 unspecified atom stereocenters. The van der Waals surface area contributed by atoms with Crippen molar-refractivity contribution in [1.82, 2.24) is 0 Å². The highest BCUT2D eigenvalue weighted by Crippen LogP contribution is 2.22. The average molecular weight is 268 g/mol. The first kappa shape index (κ1) is 15.2. The van der Waals surface area contributed by atoms with Crippen molar-refractivity contribution in [3.05, 3.63) is 0 Å². The molecule has 0 amide bonds. The first-order valence-electron chi connectivity index (χ1n) is 5.64. The molecule has 0 aromatic rings. The quantitative estimate of drug-likeness (QED) is 0.297. The van der Waals surface area contributed by atoms with E-state index in [4.69, 9.17) is 14.6 Å². The number of hydrogen-bond donors (Lipinski definition) is 5. The Bertz CT molecular complexity index is 215. The van der Waals surface area contributed by atoms with Crippen LogP contribution in [0.15, 0.2) is 0 Å². The van der Waals surface area contributed by atoms with Crippen LogP contribution in [0.1, 0.15) is 12.8 Å². The van der Waals surface area contributed by atoms with Crippen molar-refractivity contribution in [2.75, 3.05) is 19.0 Å². The number of unbranched alkanes of at least 4 members (excludes halogenated alkanes) is 1. The summed E-state index contributed by atoms with van der Waals surface area (Å²) < 4.78 is 10.4. The zero-order chi connectivity index (χ0) is 12.8. The van der Waals surface area contributed by atoms with Crippen molar-refractivity contribution >= 4 is 12.6 Å². The van der Waals surface area contributed by atoms with Crippen LogP contribution in [0.4, 0.5) is 0 Å². The Morgan fingerprint density at radius 1 is 1.06 bits per heavy atom. The van der Waals surface area contributed by atoms with E-state index in [9.17, 15) is 15.3 Å². The molecule has 5 atom stereocenters. The maximum atomic E-state index is 9.62. The van der Waals surface area contributed by atoms with Crippen LogP contribution >= 0.6 is 12.6 Å². The third-order valence-corrected chi connectivity index (χ3v) is 3.00. The second kappa shape index (κ2) is 7.52. The number of thiol groups is 1. The molecule has 0 spiro atoms. The van der Waals surface area contributed by atoms with E-state index in [1.165, 1.54) is 0 Å². The van der Waals surface area contributed by atoms with Crippen LogP contribution in [0.3, 0.4) is 0 Å². The molecule has 0 radical (unpaired) electrons. The van der Waals surface area contributed by atoms with Crippen molar-refractivity contribution in [3.63, 3.8) is 0 Å². The van der Waals surface area contributed by atoms with Crippen molar-refractivity contribution in [2.24, 2.45) is 0 Å². The molecule has 0 aliphatic carbocycles. The predicted molar refractivity (Wildman–Crippen MR) is 62.8 cm³/mol. The largest absolute Gasteiger partial charge is 0.394 e. The molecule has 0 aromatic heterocycles. The lowest BCUT2D eigenvalue weighted by Gasteiger charge is -2.39. The molecule has 1 fully saturated rings. The number of ether oxygens (including phenoxy) is 2. The number of aliphatic hydroxyl groups is 4. The van der Waals surface area contributed by atoms with E-state index in [1.54, 1.807) is 0 Å². The van der Waals surface area contributed by atoms with Gasteiger partial charge in [-0.2, -0.15) is 12.6 Å². The summed E-state index contributed by atoms with van der Waals surface area (Å²) in [4.78, 5) is 0. The lowest BCUT2D eigenvalue weighted by molar-refractivity contribution is -0.301. The molecule has 7 heteroatoms. The zero-order valence-electron chi connectivity index (χ0n) is 9.47. The minimum Gasteiger partial charge on any atom is -0.394 e. The molecule has 0 saturated carbocycles. The summed E-state index contributed by atoms with van der Waals surface area (Å²) in [6.07, 6.45) is -4.33. The zero-order valence-corrected chi connectivity index (χ0v) is 10.4. The van der Waals surface area contributed by atoms with E-state index in [2.05, 4.69) is 12.6 Å². The summed E-state index contributed by atoms with van der Waals surface area (Å²) in [6.45, 7) is -0.0787. The van der Waals surface area contributed by atoms with Crippen molar-refractivity contribution in [2.45, 2.75) is 43.5 Å². The Morgan fingerprint density at radius 3 is 2.35 bits per heavy atom. The third-order valence-electron chi connectivity index (χ3n) is 2.68. The maximum absolute atomic E-state index is 9.62. The highest BCUT2D eigenvalue weighted by molar-refractivity contribution is 7.80. The highest BCUT2D eigenvalue weighted by atomic mass is 32.1. The second-order valence-electron chi connectivity index (χ2n) is 4.00. The van der Waals surface area contributed by atoms with Gasteiger partial charge in [0, 0.05) is 6.61 Å². The molecule has 0 bridgehead atoms. The Kier molecular flexibility index (Phi) is 6.71. The lowest BCUT2D eigenvalue weighted by atomic mass is 9.99. The Morgan fingerprint density at radius 2 is 1.76 bits per heavy atom. The van der Waals surface area contributed by atoms with Gasteiger partial charge in [-0.05, 0) is 18.6 Å². The maximum Gasteiger partial charge on any atom is 0.186 e. The van der Waals surface area contributed by atoms with Crippen molar-refractivity contribution in [1.29, 1.82) is 0 Å². The minimum atomic E-state index is -1.38. The van der Waals surface area contributed by atoms with Crippen molar-refractivity contribution in [3.8, 4) is 0 Å². The monoisotopic (exact) mass is 268 g/mol. The van der Waals surface area contributed by atoms with Crippen molar-refractivity contribution < 1.29 is 29.9 Å². The predicted octanol–water partition coefficient (Wildman–Crippen LogP) is -1.49. The standard InChI is InChI=1S/C10H20O6S/c11-5-6-7(12)8(13)9(14)10(16-6)15-3-1-2-4-17/h6-14,17H,1-5H2/t6?,7-,8?,9?,10+/m0/s1. The fourth-order valence-corrected chi connectivity index (χ4v) is 1.84. The average Bonchev–Trinajstić information content (AvgIpc) is 2.34. The van der Waals surface area contributed by atoms with Gasteiger partial charge in [0.15, 0.2) is 6.29 Å². The van der Waals surface area contributed by atoms with Crippen LogP contribution in [0, 0.1) is 0 Å². The first-order chi connectivity index (χ1) is 8.11. The topological polar surface area (TPSA) is 99.4 Å². The Labute approximate surface area is 106 Å². The molecule has 6 nitrogen and oxygen atoms in total. The molecule has 17 heavy (non-hydrogen) atoms. The lowest BCUT2D eigenvalue weighted by Crippen LogP contribution is -2.59. The molecule has 1 saturated heterocycles. The normalized spacial score (nSPS) is 38.3. The fraction of sp³-hybridized carbons (Fsp3) is 1.00. The van der Waals surface area contributed by atoms with Gasteiger partial charge >= 0.3 is 0 Å². The van der Waals surface area contributed by atoms with Crippen LogP contribution in [-0.2, 0) is 9.47 Å². The summed E-state index contributed by atoms with van der Waals surface area (Å²) >= 11 is 4.05. The number of aliphatic hydroxyl groups excluding tert-OH is 4. The molecule has 4 N–H and O–H groups in total. The summed E-state index contributed by atoms with van der Waals surface area (Å²) in [5.74, 6) is 0.748. The number of hydrogen-bond acceptors (Lipinski definition) is 7. The van der Waals surface area contributed by atoms with Gasteiger partial charge < -0.3 is 29.9 Å². The molecule has 0 aromatic carbocycles. The SMILES string of the molecule is OCC1O[C@@H](OCCCCS)C(O)C(O)[C@H]1O. The fourth-order valence-electron chi connectivity index (χ4n) is 1.62. The molecule has 1 aliphatic heterocycles. The highest BCUT2D eigenvalue weighted by Gasteiger charge is 2.43. The van der Waals surface area contributed by atoms with Gasteiger partial charge in [0.05, 0.1) is 6.61 Å². The van der Waals surface area contributed by atoms with Gasteiger partial charge in [0.25, 0.3) is 0 Å². The van der Waals surface area contributed by atoms with Crippen LogP contribution in [0.2, 0.25) is 0 Å². The Balaban J connectivity index is 2.42. The van der Waals surface area contributed by atoms with E-state index in [0.717, 1.165) is 18.6 Å². The van der Waals surface area contributed by atoms with E-state index in [-0.39, 0.29) is 0 Å². The summed E-state index contributed by atoms with van der Waals surface area (Å²) in [6, 6.07) is 0. The van der Waals surface area contributed by atoms with Gasteiger partial charge in [-0.1, -0.05) is 0 Å². The van der Waals surface area contributed by atoms with Gasteiger partial charge in [-0.15, -0.1) is 0 Å². The second-order valence-corrected chi connectivity index (χ2v) is 4.45. The third kappa shape index (κ3) is 4.06. The van der Waals surface area contributed by atoms with Gasteiger partial charge in [-0.3, -0.25) is 0 Å². The molecular weight excluding hydrogens is 248 g/mol. The van der Waals surface area contributed by atoms with Crippen LogP contribution < -0.4 is 0 Å². The van der Waals surface area contributed by atoms with Gasteiger partial charge in [0.2, 0.25) is 0 Å². The van der Waals surface area contributed by atoms with E-state index >= 15 is 0 Å². The van der Waals surface area contributed by atoms with Gasteiger partial charge in [-0.25, -0.2) is 0 Å². The number of rotatable bonds is 6. The first-order valence-corrected chi connectivity index (χ1v) is 6.28. The van der Waals surface area contributed by atoms with Crippen LogP contribution in [-0.4, -0.2) is 70.1 Å². The smallest absolute Gasteiger partial charge is 0.186 e. The molecular formula is C10H20O6S. The minimum absolute atomic E-state index is 0.364. The van der Waals surface area contributed by atoms with E-state index in [1.807, 2.05) is 0 Å². The Hall–Kier alpha value is 0.110. The molecule has 102 valence electrons. The molecule has 1 aliphatic rings. The van der Waals surface area contributed by atoms with Crippen LogP contribution in [0.5, 0.6) is 0 Å². The summed E-state index contributed by atoms with van der Waals surface area (Å²) in [5, 5.41) is 37.6. The van der Waals surface area contributed by atoms with E-state index < -0.39 is 37.3 Å². The summed E-state index contributed by atoms with van der Waals surface area (Å²) in [7, 11) is 0. The molecule has 1 rings (SSSR count). The van der Waals surface area contributed by atoms with Gasteiger partial charge in [0.1, 0.15) is 24.4 Å². The van der Waals surface area contributed by atoms with E-state index in [0.29, 0.717) is 6.61 Å².